The van der Waals surface area contributed by atoms with Gasteiger partial charge in [-0.05, 0) is 48.9 Å². The van der Waals surface area contributed by atoms with E-state index in [0.29, 0.717) is 10.8 Å². The fourth-order valence-corrected chi connectivity index (χ4v) is 5.17. The highest BCUT2D eigenvalue weighted by Gasteiger charge is 2.22. The van der Waals surface area contributed by atoms with Crippen LogP contribution in [0.2, 0.25) is 5.02 Å². The monoisotopic (exact) mass is 384 g/mol. The van der Waals surface area contributed by atoms with Crippen LogP contribution >= 0.6 is 22.9 Å². The summed E-state index contributed by atoms with van der Waals surface area (Å²) in [7, 11) is -3.91. The number of hydrazine groups is 1. The summed E-state index contributed by atoms with van der Waals surface area (Å²) < 4.78 is 24.4. The molecule has 24 heavy (non-hydrogen) atoms. The zero-order chi connectivity index (χ0) is 17.3. The molecule has 2 aromatic rings. The minimum Gasteiger partial charge on any atom is -0.273 e. The molecule has 0 bridgehead atoms. The number of hydrogen-bond acceptors (Lipinski definition) is 4. The molecule has 0 saturated carbocycles. The van der Waals surface area contributed by atoms with E-state index in [2.05, 4.69) is 17.2 Å². The summed E-state index contributed by atoms with van der Waals surface area (Å²) in [6.45, 7) is 2.19. The molecule has 128 valence electrons. The molecule has 1 heterocycles. The predicted molar refractivity (Wildman–Crippen MR) is 94.7 cm³/mol. The molecule has 1 aromatic carbocycles. The highest BCUT2D eigenvalue weighted by atomic mass is 35.5. The summed E-state index contributed by atoms with van der Waals surface area (Å²) in [4.78, 5) is 16.0. The predicted octanol–water partition coefficient (Wildman–Crippen LogP) is 3.15. The smallest absolute Gasteiger partial charge is 0.273 e. The lowest BCUT2D eigenvalue weighted by molar-refractivity contribution is 0.0949. The fraction of sp³-hybridized carbons (Fsp3) is 0.312. The molecule has 2 N–H and O–H groups in total. The van der Waals surface area contributed by atoms with E-state index in [9.17, 15) is 13.2 Å². The third-order valence-corrected chi connectivity index (χ3v) is 6.96. The van der Waals surface area contributed by atoms with E-state index in [0.717, 1.165) is 19.3 Å². The van der Waals surface area contributed by atoms with Crippen LogP contribution in [0.15, 0.2) is 35.2 Å². The molecular formula is C16H17ClN2O3S2. The van der Waals surface area contributed by atoms with E-state index in [1.807, 2.05) is 6.07 Å². The Morgan fingerprint density at radius 3 is 2.83 bits per heavy atom. The normalized spacial score (nSPS) is 17.3. The topological polar surface area (TPSA) is 75.3 Å². The van der Waals surface area contributed by atoms with Crippen molar-refractivity contribution in [3.05, 3.63) is 50.7 Å². The Kier molecular flexibility index (Phi) is 4.96. The third kappa shape index (κ3) is 3.64. The van der Waals surface area contributed by atoms with E-state index in [4.69, 9.17) is 11.6 Å². The molecule has 3 rings (SSSR count). The van der Waals surface area contributed by atoms with Gasteiger partial charge in [0.25, 0.3) is 15.9 Å². The van der Waals surface area contributed by atoms with Gasteiger partial charge in [0.1, 0.15) is 4.90 Å². The van der Waals surface area contributed by atoms with Crippen LogP contribution in [-0.2, 0) is 22.9 Å². The molecule has 0 saturated heterocycles. The summed E-state index contributed by atoms with van der Waals surface area (Å²) in [5, 5.41) is 0.0971. The summed E-state index contributed by atoms with van der Waals surface area (Å²) in [6, 6.07) is 7.91. The van der Waals surface area contributed by atoms with Gasteiger partial charge in [0, 0.05) is 4.88 Å². The Labute approximate surface area is 150 Å². The summed E-state index contributed by atoms with van der Waals surface area (Å²) >= 11 is 7.32. The first-order valence-electron chi connectivity index (χ1n) is 7.55. The number of fused-ring (bicyclic) bond motifs is 1. The number of benzene rings is 1. The van der Waals surface area contributed by atoms with Crippen LogP contribution in [0.25, 0.3) is 0 Å². The van der Waals surface area contributed by atoms with Crippen molar-refractivity contribution in [2.24, 2.45) is 5.92 Å². The quantitative estimate of drug-likeness (QED) is 0.795. The maximum Gasteiger partial charge on any atom is 0.276 e. The van der Waals surface area contributed by atoms with Gasteiger partial charge in [-0.3, -0.25) is 10.2 Å². The van der Waals surface area contributed by atoms with Gasteiger partial charge in [-0.15, -0.1) is 16.2 Å². The molecule has 5 nitrogen and oxygen atoms in total. The number of nitrogens with one attached hydrogen (secondary N) is 2. The van der Waals surface area contributed by atoms with Gasteiger partial charge in [0.2, 0.25) is 0 Å². The van der Waals surface area contributed by atoms with E-state index in [1.165, 1.54) is 33.9 Å². The second-order valence-electron chi connectivity index (χ2n) is 5.90. The van der Waals surface area contributed by atoms with Crippen LogP contribution < -0.4 is 10.3 Å². The number of carbonyl (C=O) groups is 1. The average Bonchev–Trinajstić information content (AvgIpc) is 2.96. The Morgan fingerprint density at radius 1 is 1.33 bits per heavy atom. The second kappa shape index (κ2) is 6.84. The molecular weight excluding hydrogens is 368 g/mol. The molecule has 1 amide bonds. The standard InChI is InChI=1S/C16H17ClN2O3S2/c1-10-6-7-13-11(8-10)9-14(23-13)16(20)18-19-24(21,22)15-5-3-2-4-12(15)17/h2-5,9-10,19H,6-8H2,1H3,(H,18,20). The highest BCUT2D eigenvalue weighted by molar-refractivity contribution is 7.89. The van der Waals surface area contributed by atoms with Crippen molar-refractivity contribution in [1.82, 2.24) is 10.3 Å². The van der Waals surface area contributed by atoms with Crippen molar-refractivity contribution in [2.75, 3.05) is 0 Å². The molecule has 0 spiro atoms. The lowest BCUT2D eigenvalue weighted by Crippen LogP contribution is -2.41. The number of amides is 1. The molecule has 1 atom stereocenters. The Bertz CT molecular complexity index is 877. The van der Waals surface area contributed by atoms with Gasteiger partial charge < -0.3 is 0 Å². The van der Waals surface area contributed by atoms with Crippen molar-refractivity contribution in [3.63, 3.8) is 0 Å². The summed E-state index contributed by atoms with van der Waals surface area (Å²) in [5.74, 6) is 0.152. The van der Waals surface area contributed by atoms with Crippen LogP contribution in [0.1, 0.15) is 33.5 Å². The van der Waals surface area contributed by atoms with Crippen LogP contribution in [-0.4, -0.2) is 14.3 Å². The lowest BCUT2D eigenvalue weighted by Gasteiger charge is -2.16. The first-order chi connectivity index (χ1) is 11.4. The van der Waals surface area contributed by atoms with E-state index < -0.39 is 15.9 Å². The van der Waals surface area contributed by atoms with Crippen LogP contribution in [0.5, 0.6) is 0 Å². The first-order valence-corrected chi connectivity index (χ1v) is 10.2. The van der Waals surface area contributed by atoms with Crippen LogP contribution in [0, 0.1) is 5.92 Å². The molecule has 1 aliphatic carbocycles. The van der Waals surface area contributed by atoms with Crippen molar-refractivity contribution in [2.45, 2.75) is 31.1 Å². The number of carbonyl (C=O) groups excluding carboxylic acids is 1. The van der Waals surface area contributed by atoms with Crippen molar-refractivity contribution >= 4 is 38.9 Å². The number of hydrogen-bond donors (Lipinski definition) is 2. The maximum absolute atomic E-state index is 12.2. The maximum atomic E-state index is 12.2. The van der Waals surface area contributed by atoms with Crippen LogP contribution in [0.3, 0.4) is 0 Å². The second-order valence-corrected chi connectivity index (χ2v) is 9.09. The lowest BCUT2D eigenvalue weighted by atomic mass is 9.90. The molecule has 8 heteroatoms. The number of sulfonamides is 1. The zero-order valence-corrected chi connectivity index (χ0v) is 15.4. The fourth-order valence-electron chi connectivity index (χ4n) is 2.71. The third-order valence-electron chi connectivity index (χ3n) is 3.98. The van der Waals surface area contributed by atoms with Crippen molar-refractivity contribution in [1.29, 1.82) is 0 Å². The molecule has 0 radical (unpaired) electrons. The van der Waals surface area contributed by atoms with Gasteiger partial charge in [-0.25, -0.2) is 8.42 Å². The van der Waals surface area contributed by atoms with Crippen molar-refractivity contribution in [3.8, 4) is 0 Å². The SMILES string of the molecule is CC1CCc2sc(C(=O)NNS(=O)(=O)c3ccccc3Cl)cc2C1. The summed E-state index contributed by atoms with van der Waals surface area (Å²) in [5.41, 5.74) is 3.45. The number of halogens is 1. The Hall–Kier alpha value is -1.41. The van der Waals surface area contributed by atoms with Crippen LogP contribution in [0.4, 0.5) is 0 Å². The summed E-state index contributed by atoms with van der Waals surface area (Å²) in [6.07, 6.45) is 3.05. The molecule has 0 fully saturated rings. The Morgan fingerprint density at radius 2 is 2.08 bits per heavy atom. The molecule has 1 aromatic heterocycles. The number of rotatable bonds is 4. The number of aryl methyl sites for hydroxylation is 1. The van der Waals surface area contributed by atoms with E-state index in [-0.39, 0.29) is 9.92 Å². The average molecular weight is 385 g/mol. The highest BCUT2D eigenvalue weighted by Crippen LogP contribution is 2.32. The first kappa shape index (κ1) is 17.4. The van der Waals surface area contributed by atoms with Gasteiger partial charge in [-0.2, -0.15) is 0 Å². The van der Waals surface area contributed by atoms with Crippen molar-refractivity contribution < 1.29 is 13.2 Å². The molecule has 0 aliphatic heterocycles. The van der Waals surface area contributed by atoms with Gasteiger partial charge >= 0.3 is 0 Å². The number of thiophene rings is 1. The minimum absolute atomic E-state index is 0.0775. The zero-order valence-electron chi connectivity index (χ0n) is 13.0. The van der Waals surface area contributed by atoms with E-state index >= 15 is 0 Å². The largest absolute Gasteiger partial charge is 0.276 e. The Balaban J connectivity index is 1.71. The van der Waals surface area contributed by atoms with Gasteiger partial charge in [-0.1, -0.05) is 30.7 Å². The molecule has 1 aliphatic rings. The van der Waals surface area contributed by atoms with Gasteiger partial charge in [0.15, 0.2) is 0 Å². The molecule has 1 unspecified atom stereocenters. The van der Waals surface area contributed by atoms with Gasteiger partial charge in [0.05, 0.1) is 9.90 Å². The minimum atomic E-state index is -3.91. The van der Waals surface area contributed by atoms with E-state index in [1.54, 1.807) is 12.1 Å².